The zero-order valence-electron chi connectivity index (χ0n) is 13.6. The zero-order valence-corrected chi connectivity index (χ0v) is 13.6. The molecular weight excluding hydrogens is 296 g/mol. The molecule has 2 aliphatic rings. The van der Waals surface area contributed by atoms with Crippen molar-refractivity contribution in [1.82, 2.24) is 9.80 Å². The lowest BCUT2D eigenvalue weighted by atomic mass is 10.1. The molecule has 0 unspecified atom stereocenters. The second-order valence-electron chi connectivity index (χ2n) is 5.99. The van der Waals surface area contributed by atoms with Gasteiger partial charge in [0.25, 0.3) is 5.91 Å². The number of benzene rings is 1. The van der Waals surface area contributed by atoms with Crippen molar-refractivity contribution in [3.8, 4) is 11.5 Å². The summed E-state index contributed by atoms with van der Waals surface area (Å²) in [5, 5.41) is 0. The first-order valence-electron chi connectivity index (χ1n) is 7.93. The molecule has 0 N–H and O–H groups in total. The van der Waals surface area contributed by atoms with Crippen LogP contribution in [0.1, 0.15) is 23.2 Å². The van der Waals surface area contributed by atoms with Gasteiger partial charge in [-0.05, 0) is 25.0 Å². The van der Waals surface area contributed by atoms with Crippen LogP contribution in [0.15, 0.2) is 18.2 Å². The molecule has 0 aromatic heterocycles. The molecule has 1 heterocycles. The van der Waals surface area contributed by atoms with Gasteiger partial charge in [0.2, 0.25) is 5.91 Å². The van der Waals surface area contributed by atoms with E-state index in [0.717, 1.165) is 12.8 Å². The molecule has 1 saturated carbocycles. The maximum absolute atomic E-state index is 12.7. The lowest BCUT2D eigenvalue weighted by Gasteiger charge is -2.35. The van der Waals surface area contributed by atoms with Crippen molar-refractivity contribution in [2.75, 3.05) is 40.4 Å². The molecule has 1 aromatic carbocycles. The average Bonchev–Trinajstić information content (AvgIpc) is 3.45. The molecule has 1 aromatic rings. The fraction of sp³-hybridized carbons (Fsp3) is 0.529. The van der Waals surface area contributed by atoms with Gasteiger partial charge in [-0.25, -0.2) is 0 Å². The molecule has 0 bridgehead atoms. The van der Waals surface area contributed by atoms with E-state index in [0.29, 0.717) is 43.2 Å². The third kappa shape index (κ3) is 3.41. The second kappa shape index (κ2) is 6.48. The Bertz CT molecular complexity index is 582. The number of methoxy groups -OCH3 is 2. The number of ether oxygens (including phenoxy) is 2. The van der Waals surface area contributed by atoms with Crippen LogP contribution < -0.4 is 9.47 Å². The second-order valence-corrected chi connectivity index (χ2v) is 5.99. The van der Waals surface area contributed by atoms with E-state index in [1.54, 1.807) is 37.3 Å². The normalized spacial score (nSPS) is 17.8. The van der Waals surface area contributed by atoms with Crippen LogP contribution in [0, 0.1) is 5.92 Å². The Hall–Kier alpha value is -2.24. The molecule has 1 aliphatic carbocycles. The number of hydrogen-bond donors (Lipinski definition) is 0. The third-order valence-electron chi connectivity index (χ3n) is 4.40. The summed E-state index contributed by atoms with van der Waals surface area (Å²) in [6, 6.07) is 5.17. The van der Waals surface area contributed by atoms with Crippen molar-refractivity contribution in [2.24, 2.45) is 5.92 Å². The lowest BCUT2D eigenvalue weighted by molar-refractivity contribution is -0.134. The Balaban J connectivity index is 1.66. The van der Waals surface area contributed by atoms with Crippen molar-refractivity contribution in [3.05, 3.63) is 23.8 Å². The number of amides is 2. The van der Waals surface area contributed by atoms with Crippen LogP contribution in [-0.4, -0.2) is 62.0 Å². The van der Waals surface area contributed by atoms with E-state index in [-0.39, 0.29) is 17.7 Å². The Morgan fingerprint density at radius 3 is 1.91 bits per heavy atom. The summed E-state index contributed by atoms with van der Waals surface area (Å²) in [4.78, 5) is 28.4. The van der Waals surface area contributed by atoms with Crippen molar-refractivity contribution in [1.29, 1.82) is 0 Å². The van der Waals surface area contributed by atoms with Crippen molar-refractivity contribution in [3.63, 3.8) is 0 Å². The van der Waals surface area contributed by atoms with E-state index >= 15 is 0 Å². The minimum atomic E-state index is -0.0549. The molecular formula is C17H22N2O4. The highest BCUT2D eigenvalue weighted by molar-refractivity contribution is 5.95. The largest absolute Gasteiger partial charge is 0.497 e. The Kier molecular flexibility index (Phi) is 4.41. The molecule has 3 rings (SSSR count). The van der Waals surface area contributed by atoms with Gasteiger partial charge in [0.15, 0.2) is 0 Å². The van der Waals surface area contributed by atoms with Crippen LogP contribution >= 0.6 is 0 Å². The zero-order chi connectivity index (χ0) is 16.4. The molecule has 1 saturated heterocycles. The minimum Gasteiger partial charge on any atom is -0.497 e. The van der Waals surface area contributed by atoms with Crippen molar-refractivity contribution >= 4 is 11.8 Å². The molecule has 124 valence electrons. The van der Waals surface area contributed by atoms with Crippen LogP contribution in [-0.2, 0) is 4.79 Å². The van der Waals surface area contributed by atoms with Crippen molar-refractivity contribution in [2.45, 2.75) is 12.8 Å². The number of piperazine rings is 1. The molecule has 0 spiro atoms. The Morgan fingerprint density at radius 2 is 1.43 bits per heavy atom. The van der Waals surface area contributed by atoms with Crippen LogP contribution in [0.4, 0.5) is 0 Å². The van der Waals surface area contributed by atoms with Gasteiger partial charge in [0.05, 0.1) is 14.2 Å². The highest BCUT2D eigenvalue weighted by atomic mass is 16.5. The summed E-state index contributed by atoms with van der Waals surface area (Å²) in [6.07, 6.45) is 2.03. The summed E-state index contributed by atoms with van der Waals surface area (Å²) in [5.74, 6) is 1.62. The summed E-state index contributed by atoms with van der Waals surface area (Å²) in [7, 11) is 3.12. The maximum Gasteiger partial charge on any atom is 0.254 e. The molecule has 0 atom stereocenters. The highest BCUT2D eigenvalue weighted by Crippen LogP contribution is 2.31. The van der Waals surface area contributed by atoms with E-state index < -0.39 is 0 Å². The molecule has 1 aliphatic heterocycles. The molecule has 6 nitrogen and oxygen atoms in total. The molecule has 23 heavy (non-hydrogen) atoms. The van der Waals surface area contributed by atoms with Gasteiger partial charge in [-0.2, -0.15) is 0 Å². The van der Waals surface area contributed by atoms with Gasteiger partial charge in [-0.3, -0.25) is 9.59 Å². The summed E-state index contributed by atoms with van der Waals surface area (Å²) in [5.41, 5.74) is 0.545. The quantitative estimate of drug-likeness (QED) is 0.842. The number of hydrogen-bond acceptors (Lipinski definition) is 4. The molecule has 2 amide bonds. The Labute approximate surface area is 136 Å². The van der Waals surface area contributed by atoms with Gasteiger partial charge >= 0.3 is 0 Å². The van der Waals surface area contributed by atoms with E-state index in [1.807, 2.05) is 4.90 Å². The molecule has 6 heteroatoms. The standard InChI is InChI=1S/C17H22N2O4/c1-22-14-9-13(10-15(11-14)23-2)17(21)19-7-5-18(6-8-19)16(20)12-3-4-12/h9-12H,3-8H2,1-2H3. The SMILES string of the molecule is COc1cc(OC)cc(C(=O)N2CCN(C(=O)C3CC3)CC2)c1. The van der Waals surface area contributed by atoms with Gasteiger partial charge < -0.3 is 19.3 Å². The lowest BCUT2D eigenvalue weighted by Crippen LogP contribution is -2.51. The number of carbonyl (C=O) groups is 2. The molecule has 0 radical (unpaired) electrons. The highest BCUT2D eigenvalue weighted by Gasteiger charge is 2.35. The smallest absolute Gasteiger partial charge is 0.254 e. The number of rotatable bonds is 4. The third-order valence-corrected chi connectivity index (χ3v) is 4.40. The van der Waals surface area contributed by atoms with E-state index in [4.69, 9.17) is 9.47 Å². The predicted octanol–water partition coefficient (Wildman–Crippen LogP) is 1.40. The van der Waals surface area contributed by atoms with Gasteiger partial charge in [0, 0.05) is 43.7 Å². The van der Waals surface area contributed by atoms with E-state index in [9.17, 15) is 9.59 Å². The van der Waals surface area contributed by atoms with Crippen LogP contribution in [0.3, 0.4) is 0 Å². The predicted molar refractivity (Wildman–Crippen MR) is 84.8 cm³/mol. The fourth-order valence-corrected chi connectivity index (χ4v) is 2.83. The summed E-state index contributed by atoms with van der Waals surface area (Å²) >= 11 is 0. The Morgan fingerprint density at radius 1 is 0.913 bits per heavy atom. The number of carbonyl (C=O) groups excluding carboxylic acids is 2. The molecule has 2 fully saturated rings. The summed E-state index contributed by atoms with van der Waals surface area (Å²) in [6.45, 7) is 2.36. The fourth-order valence-electron chi connectivity index (χ4n) is 2.83. The minimum absolute atomic E-state index is 0.0549. The van der Waals surface area contributed by atoms with Crippen LogP contribution in [0.2, 0.25) is 0 Å². The first kappa shape index (κ1) is 15.6. The van der Waals surface area contributed by atoms with E-state index in [1.165, 1.54) is 0 Å². The average molecular weight is 318 g/mol. The van der Waals surface area contributed by atoms with Crippen molar-refractivity contribution < 1.29 is 19.1 Å². The number of nitrogens with zero attached hydrogens (tertiary/aromatic N) is 2. The first-order valence-corrected chi connectivity index (χ1v) is 7.93. The topological polar surface area (TPSA) is 59.1 Å². The monoisotopic (exact) mass is 318 g/mol. The van der Waals surface area contributed by atoms with Gasteiger partial charge in [0.1, 0.15) is 11.5 Å². The first-order chi connectivity index (χ1) is 11.1. The van der Waals surface area contributed by atoms with Gasteiger partial charge in [-0.1, -0.05) is 0 Å². The van der Waals surface area contributed by atoms with Crippen LogP contribution in [0.5, 0.6) is 11.5 Å². The maximum atomic E-state index is 12.7. The summed E-state index contributed by atoms with van der Waals surface area (Å²) < 4.78 is 10.4. The van der Waals surface area contributed by atoms with E-state index in [2.05, 4.69) is 0 Å². The van der Waals surface area contributed by atoms with Gasteiger partial charge in [-0.15, -0.1) is 0 Å². The van der Waals surface area contributed by atoms with Crippen LogP contribution in [0.25, 0.3) is 0 Å².